The summed E-state index contributed by atoms with van der Waals surface area (Å²) in [6.07, 6.45) is 2.00. The average Bonchev–Trinajstić information content (AvgIpc) is 2.86. The Bertz CT molecular complexity index is 1200. The predicted molar refractivity (Wildman–Crippen MR) is 153 cm³/mol. The van der Waals surface area contributed by atoms with E-state index < -0.39 is 21.5 Å². The van der Waals surface area contributed by atoms with Crippen LogP contribution in [0.5, 0.6) is 5.75 Å². The number of benzene rings is 3. The van der Waals surface area contributed by atoms with Crippen LogP contribution in [0.25, 0.3) is 0 Å². The van der Waals surface area contributed by atoms with E-state index in [4.69, 9.17) is 9.08 Å². The zero-order chi connectivity index (χ0) is 25.9. The molecule has 4 nitrogen and oxygen atoms in total. The molecule has 0 spiro atoms. The summed E-state index contributed by atoms with van der Waals surface area (Å²) < 4.78 is 13.7. The molecule has 1 aliphatic rings. The fraction of sp³-hybridized carbons (Fsp3) is 0.241. The third kappa shape index (κ3) is 5.31. The van der Waals surface area contributed by atoms with Crippen LogP contribution in [0.3, 0.4) is 0 Å². The van der Waals surface area contributed by atoms with E-state index in [1.807, 2.05) is 24.3 Å². The first-order valence-corrected chi connectivity index (χ1v) is 14.8. The van der Waals surface area contributed by atoms with Gasteiger partial charge in [-0.3, -0.25) is 0 Å². The summed E-state index contributed by atoms with van der Waals surface area (Å²) in [6, 6.07) is 26.1. The highest BCUT2D eigenvalue weighted by atomic mass is 79.9. The van der Waals surface area contributed by atoms with Crippen molar-refractivity contribution in [3.8, 4) is 5.75 Å². The van der Waals surface area contributed by atoms with E-state index in [2.05, 4.69) is 91.8 Å². The Balaban J connectivity index is 1.61. The van der Waals surface area contributed by atoms with E-state index in [0.29, 0.717) is 23.0 Å². The second-order valence-corrected chi connectivity index (χ2v) is 15.4. The number of hydrogen-bond donors (Lipinski definition) is 2. The largest absolute Gasteiger partial charge is 0.508 e. The molecule has 36 heavy (non-hydrogen) atoms. The van der Waals surface area contributed by atoms with E-state index in [0.717, 1.165) is 4.47 Å². The van der Waals surface area contributed by atoms with Crippen molar-refractivity contribution < 1.29 is 19.2 Å². The van der Waals surface area contributed by atoms with Gasteiger partial charge in [-0.25, -0.2) is 0 Å². The minimum atomic E-state index is -2.73. The third-order valence-corrected chi connectivity index (χ3v) is 12.2. The van der Waals surface area contributed by atoms with Crippen LogP contribution in [0.15, 0.2) is 107 Å². The smallest absolute Gasteiger partial charge is 0.491 e. The molecular formula is C29H32BBrO4Si. The topological polar surface area (TPSA) is 58.9 Å². The minimum absolute atomic E-state index is 0.140. The van der Waals surface area contributed by atoms with Crippen LogP contribution in [0.1, 0.15) is 38.9 Å². The van der Waals surface area contributed by atoms with Crippen molar-refractivity contribution in [2.75, 3.05) is 6.61 Å². The molecule has 0 amide bonds. The summed E-state index contributed by atoms with van der Waals surface area (Å²) in [5.41, 5.74) is 1.94. The van der Waals surface area contributed by atoms with Crippen molar-refractivity contribution in [3.63, 3.8) is 0 Å². The second-order valence-electron chi connectivity index (χ2n) is 10.1. The van der Waals surface area contributed by atoms with Gasteiger partial charge in [0.1, 0.15) is 5.75 Å². The van der Waals surface area contributed by atoms with Gasteiger partial charge in [-0.1, -0.05) is 110 Å². The highest BCUT2D eigenvalue weighted by Gasteiger charge is 2.50. The quantitative estimate of drug-likeness (QED) is 0.363. The second kappa shape index (κ2) is 10.9. The summed E-state index contributed by atoms with van der Waals surface area (Å²) in [5, 5.41) is 23.4. The van der Waals surface area contributed by atoms with E-state index in [9.17, 15) is 10.1 Å². The molecule has 0 fully saturated rings. The molecule has 3 aromatic carbocycles. The Morgan fingerprint density at radius 2 is 1.64 bits per heavy atom. The fourth-order valence-corrected chi connectivity index (χ4v) is 9.89. The molecule has 3 aromatic rings. The van der Waals surface area contributed by atoms with Crippen LogP contribution in [-0.4, -0.2) is 32.2 Å². The molecule has 0 bridgehead atoms. The Morgan fingerprint density at radius 1 is 1.06 bits per heavy atom. The van der Waals surface area contributed by atoms with Crippen LogP contribution in [-0.2, 0) is 9.08 Å². The van der Waals surface area contributed by atoms with Crippen molar-refractivity contribution in [2.24, 2.45) is 0 Å². The number of aromatic hydroxyl groups is 1. The Morgan fingerprint density at radius 3 is 2.17 bits per heavy atom. The molecule has 0 saturated carbocycles. The van der Waals surface area contributed by atoms with E-state index in [-0.39, 0.29) is 17.4 Å². The summed E-state index contributed by atoms with van der Waals surface area (Å²) in [6.45, 7) is 11.2. The molecule has 186 valence electrons. The van der Waals surface area contributed by atoms with Crippen molar-refractivity contribution in [1.82, 2.24) is 0 Å². The molecule has 0 aromatic heterocycles. The van der Waals surface area contributed by atoms with Crippen LogP contribution in [0.4, 0.5) is 0 Å². The van der Waals surface area contributed by atoms with Gasteiger partial charge >= 0.3 is 7.12 Å². The number of phenolic OH excluding ortho intramolecular Hbond substituents is 1. The van der Waals surface area contributed by atoms with Gasteiger partial charge in [-0.2, -0.15) is 0 Å². The number of rotatable bonds is 7. The van der Waals surface area contributed by atoms with Crippen molar-refractivity contribution in [2.45, 2.75) is 38.3 Å². The molecule has 0 aliphatic carbocycles. The number of hydrogen-bond acceptors (Lipinski definition) is 4. The Kier molecular flexibility index (Phi) is 8.07. The Hall–Kier alpha value is -2.42. The molecule has 1 heterocycles. The average molecular weight is 563 g/mol. The zero-order valence-electron chi connectivity index (χ0n) is 20.9. The zero-order valence-corrected chi connectivity index (χ0v) is 23.5. The molecular weight excluding hydrogens is 531 g/mol. The summed E-state index contributed by atoms with van der Waals surface area (Å²) in [7, 11) is -3.88. The molecule has 1 atom stereocenters. The number of phenols is 1. The lowest BCUT2D eigenvalue weighted by atomic mass is 9.71. The monoisotopic (exact) mass is 562 g/mol. The van der Waals surface area contributed by atoms with Crippen LogP contribution < -0.4 is 10.4 Å². The van der Waals surface area contributed by atoms with Gasteiger partial charge in [0.2, 0.25) is 0 Å². The van der Waals surface area contributed by atoms with Gasteiger partial charge in [0.05, 0.1) is 12.7 Å². The Labute approximate surface area is 223 Å². The number of halogens is 1. The first kappa shape index (κ1) is 26.6. The van der Waals surface area contributed by atoms with Crippen LogP contribution in [0.2, 0.25) is 5.04 Å². The highest BCUT2D eigenvalue weighted by Crippen LogP contribution is 2.39. The van der Waals surface area contributed by atoms with Crippen LogP contribution in [0, 0.1) is 0 Å². The van der Waals surface area contributed by atoms with Gasteiger partial charge in [0.25, 0.3) is 8.32 Å². The normalized spacial score (nSPS) is 16.5. The third-order valence-electron chi connectivity index (χ3n) is 6.74. The van der Waals surface area contributed by atoms with Crippen molar-refractivity contribution in [1.29, 1.82) is 0 Å². The molecule has 1 aliphatic heterocycles. The van der Waals surface area contributed by atoms with E-state index in [1.54, 1.807) is 12.1 Å². The lowest BCUT2D eigenvalue weighted by Gasteiger charge is -2.43. The predicted octanol–water partition coefficient (Wildman–Crippen LogP) is 5.70. The highest BCUT2D eigenvalue weighted by molar-refractivity contribution is 9.10. The molecule has 2 N–H and O–H groups in total. The lowest BCUT2D eigenvalue weighted by Crippen LogP contribution is -2.66. The van der Waals surface area contributed by atoms with Gasteiger partial charge in [-0.05, 0) is 51.1 Å². The van der Waals surface area contributed by atoms with Crippen molar-refractivity contribution >= 4 is 41.7 Å². The summed E-state index contributed by atoms with van der Waals surface area (Å²) >= 11 is 3.44. The van der Waals surface area contributed by atoms with Crippen LogP contribution >= 0.6 is 15.9 Å². The standard InChI is InChI=1S/C29H32BBrO4Si/c1-21(26-16-18-28(35-30(26)33)25-19-22(31)15-17-27(25)32)20-34-36(29(2,3)4,23-11-7-5-8-12-23)24-13-9-6-10-14-24/h5-17,19,28,32-33H,1,18,20H2,2-4H3. The molecule has 4 rings (SSSR count). The van der Waals surface area contributed by atoms with Gasteiger partial charge in [0, 0.05) is 10.0 Å². The summed E-state index contributed by atoms with van der Waals surface area (Å²) in [4.78, 5) is 0. The van der Waals surface area contributed by atoms with Gasteiger partial charge < -0.3 is 19.2 Å². The van der Waals surface area contributed by atoms with Gasteiger partial charge in [-0.15, -0.1) is 0 Å². The van der Waals surface area contributed by atoms with E-state index in [1.165, 1.54) is 10.4 Å². The fourth-order valence-electron chi connectivity index (χ4n) is 4.96. The van der Waals surface area contributed by atoms with Gasteiger partial charge in [0.15, 0.2) is 0 Å². The first-order valence-electron chi connectivity index (χ1n) is 12.1. The van der Waals surface area contributed by atoms with E-state index >= 15 is 0 Å². The maximum atomic E-state index is 10.9. The molecule has 1 unspecified atom stereocenters. The minimum Gasteiger partial charge on any atom is -0.508 e. The molecule has 0 radical (unpaired) electrons. The molecule has 7 heteroatoms. The SMILES string of the molecule is C=C(CO[Si](c1ccccc1)(c1ccccc1)C(C)(C)C)C1=CCC(c2cc(Br)ccc2O)OB1O. The lowest BCUT2D eigenvalue weighted by molar-refractivity contribution is 0.164. The maximum Gasteiger partial charge on any atom is 0.491 e. The molecule has 0 saturated heterocycles. The first-order chi connectivity index (χ1) is 17.1. The van der Waals surface area contributed by atoms with Crippen molar-refractivity contribution in [3.05, 3.63) is 113 Å². The summed E-state index contributed by atoms with van der Waals surface area (Å²) in [5.74, 6) is 0.140. The maximum absolute atomic E-state index is 10.9.